The Morgan fingerprint density at radius 1 is 1.08 bits per heavy atom. The summed E-state index contributed by atoms with van der Waals surface area (Å²) in [5, 5.41) is -0.554. The van der Waals surface area contributed by atoms with Crippen molar-refractivity contribution in [1.29, 1.82) is 0 Å². The van der Waals surface area contributed by atoms with Crippen LogP contribution >= 0.6 is 34.8 Å². The molecular formula is C15H8Cl3N3O4. The predicted molar refractivity (Wildman–Crippen MR) is 90.9 cm³/mol. The zero-order chi connectivity index (χ0) is 18.3. The lowest BCUT2D eigenvalue weighted by Crippen LogP contribution is -2.33. The molecule has 0 aliphatic carbocycles. The number of benzene rings is 1. The molecule has 0 spiro atoms. The molecule has 0 saturated carbocycles. The van der Waals surface area contributed by atoms with E-state index in [4.69, 9.17) is 45.3 Å². The van der Waals surface area contributed by atoms with Gasteiger partial charge >= 0.3 is 5.97 Å². The van der Waals surface area contributed by atoms with Crippen LogP contribution in [0.15, 0.2) is 24.3 Å². The smallest absolute Gasteiger partial charge is 0.360 e. The van der Waals surface area contributed by atoms with Gasteiger partial charge in [0.05, 0.1) is 21.8 Å². The van der Waals surface area contributed by atoms with E-state index < -0.39 is 24.5 Å². The molecule has 0 bridgehead atoms. The predicted octanol–water partition coefficient (Wildman–Crippen LogP) is 3.03. The molecule has 2 amide bonds. The van der Waals surface area contributed by atoms with Crippen molar-refractivity contribution in [3.63, 3.8) is 0 Å². The highest BCUT2D eigenvalue weighted by Gasteiger charge is 2.36. The second-order valence-corrected chi connectivity index (χ2v) is 6.05. The Balaban J connectivity index is 1.79. The van der Waals surface area contributed by atoms with Crippen LogP contribution in [0, 0.1) is 0 Å². The van der Waals surface area contributed by atoms with Gasteiger partial charge in [0.25, 0.3) is 11.8 Å². The summed E-state index contributed by atoms with van der Waals surface area (Å²) in [7, 11) is 0. The van der Waals surface area contributed by atoms with Crippen molar-refractivity contribution in [3.8, 4) is 0 Å². The number of pyridine rings is 1. The van der Waals surface area contributed by atoms with E-state index in [1.165, 1.54) is 12.1 Å². The highest BCUT2D eigenvalue weighted by atomic mass is 35.5. The molecule has 2 N–H and O–H groups in total. The first-order valence-corrected chi connectivity index (χ1v) is 7.88. The Hall–Kier alpha value is -2.35. The zero-order valence-corrected chi connectivity index (χ0v) is 14.5. The molecule has 0 saturated heterocycles. The molecule has 0 radical (unpaired) electrons. The first kappa shape index (κ1) is 17.5. The van der Waals surface area contributed by atoms with Gasteiger partial charge in [-0.3, -0.25) is 9.59 Å². The molecule has 0 unspecified atom stereocenters. The van der Waals surface area contributed by atoms with Gasteiger partial charge in [0, 0.05) is 0 Å². The maximum atomic E-state index is 12.2. The molecule has 1 aliphatic heterocycles. The number of hydrogen-bond donors (Lipinski definition) is 1. The van der Waals surface area contributed by atoms with E-state index >= 15 is 0 Å². The van der Waals surface area contributed by atoms with E-state index in [0.29, 0.717) is 0 Å². The molecule has 2 heterocycles. The third-order valence-electron chi connectivity index (χ3n) is 3.47. The van der Waals surface area contributed by atoms with Gasteiger partial charge in [-0.15, -0.1) is 0 Å². The molecule has 1 aromatic heterocycles. The number of esters is 1. The third-order valence-corrected chi connectivity index (χ3v) is 4.60. The van der Waals surface area contributed by atoms with Crippen LogP contribution in [-0.4, -0.2) is 34.4 Å². The zero-order valence-electron chi connectivity index (χ0n) is 12.3. The van der Waals surface area contributed by atoms with Crippen LogP contribution < -0.4 is 5.73 Å². The highest BCUT2D eigenvalue weighted by molar-refractivity contribution is 6.46. The summed E-state index contributed by atoms with van der Waals surface area (Å²) in [5.74, 6) is -2.14. The van der Waals surface area contributed by atoms with Gasteiger partial charge in [-0.05, 0) is 12.1 Å². The summed E-state index contributed by atoms with van der Waals surface area (Å²) in [6.07, 6.45) is 0. The van der Waals surface area contributed by atoms with Gasteiger partial charge in [-0.1, -0.05) is 46.9 Å². The quantitative estimate of drug-likeness (QED) is 0.482. The molecular weight excluding hydrogens is 393 g/mol. The van der Waals surface area contributed by atoms with Gasteiger partial charge in [-0.25, -0.2) is 14.7 Å². The first-order valence-electron chi connectivity index (χ1n) is 6.75. The van der Waals surface area contributed by atoms with Crippen molar-refractivity contribution in [1.82, 2.24) is 9.88 Å². The lowest BCUT2D eigenvalue weighted by atomic mass is 10.1. The van der Waals surface area contributed by atoms with Crippen LogP contribution in [-0.2, 0) is 4.74 Å². The maximum absolute atomic E-state index is 12.2. The first-order chi connectivity index (χ1) is 11.8. The van der Waals surface area contributed by atoms with E-state index in [1.54, 1.807) is 12.1 Å². The van der Waals surface area contributed by atoms with Gasteiger partial charge in [-0.2, -0.15) is 0 Å². The Morgan fingerprint density at radius 2 is 1.64 bits per heavy atom. The molecule has 10 heteroatoms. The number of nitrogens with zero attached hydrogens (tertiary/aromatic N) is 2. The number of imide groups is 1. The lowest BCUT2D eigenvalue weighted by molar-refractivity contribution is 0.0224. The van der Waals surface area contributed by atoms with E-state index in [0.717, 1.165) is 4.90 Å². The standard InChI is InChI=1S/C15H8Cl3N3O4/c16-8-10(19)9(17)12(18)20-11(8)15(24)25-5-21-13(22)6-3-1-2-4-7(6)14(21)23/h1-4H,5H2,(H2,19,20). The number of ether oxygens (including phenoxy) is 1. The molecule has 7 nitrogen and oxygen atoms in total. The van der Waals surface area contributed by atoms with Gasteiger partial charge < -0.3 is 10.5 Å². The van der Waals surface area contributed by atoms with Crippen molar-refractivity contribution in [2.24, 2.45) is 0 Å². The summed E-state index contributed by atoms with van der Waals surface area (Å²) in [6, 6.07) is 6.27. The summed E-state index contributed by atoms with van der Waals surface area (Å²) >= 11 is 17.5. The number of fused-ring (bicyclic) bond motifs is 1. The average Bonchev–Trinajstić information content (AvgIpc) is 2.85. The Kier molecular flexibility index (Phi) is 4.55. The largest absolute Gasteiger partial charge is 0.439 e. The SMILES string of the molecule is Nc1c(Cl)c(Cl)nc(C(=O)OCN2C(=O)c3ccccc3C2=O)c1Cl. The minimum absolute atomic E-state index is 0.0939. The number of halogens is 3. The van der Waals surface area contributed by atoms with Crippen LogP contribution in [0.5, 0.6) is 0 Å². The monoisotopic (exact) mass is 399 g/mol. The maximum Gasteiger partial charge on any atom is 0.360 e. The topological polar surface area (TPSA) is 103 Å². The normalized spacial score (nSPS) is 13.2. The summed E-state index contributed by atoms with van der Waals surface area (Å²) < 4.78 is 4.96. The van der Waals surface area contributed by atoms with Gasteiger partial charge in [0.1, 0.15) is 5.02 Å². The van der Waals surface area contributed by atoms with Crippen molar-refractivity contribution in [2.45, 2.75) is 0 Å². The highest BCUT2D eigenvalue weighted by Crippen LogP contribution is 2.34. The summed E-state index contributed by atoms with van der Waals surface area (Å²) in [6.45, 7) is -0.608. The number of hydrogen-bond acceptors (Lipinski definition) is 6. The van der Waals surface area contributed by atoms with Crippen LogP contribution in [0.1, 0.15) is 31.2 Å². The third kappa shape index (κ3) is 2.90. The van der Waals surface area contributed by atoms with Crippen LogP contribution in [0.25, 0.3) is 0 Å². The molecule has 2 aromatic rings. The number of carbonyl (C=O) groups excluding carboxylic acids is 3. The van der Waals surface area contributed by atoms with Crippen LogP contribution in [0.4, 0.5) is 5.69 Å². The van der Waals surface area contributed by atoms with Gasteiger partial charge in [0.2, 0.25) is 0 Å². The van der Waals surface area contributed by atoms with Crippen LogP contribution in [0.2, 0.25) is 15.2 Å². The number of rotatable bonds is 3. The molecule has 3 rings (SSSR count). The number of aromatic nitrogens is 1. The van der Waals surface area contributed by atoms with Gasteiger partial charge in [0.15, 0.2) is 17.6 Å². The Morgan fingerprint density at radius 3 is 2.20 bits per heavy atom. The minimum atomic E-state index is -1.01. The summed E-state index contributed by atoms with van der Waals surface area (Å²) in [5.41, 5.74) is 5.60. The molecule has 1 aromatic carbocycles. The molecule has 0 fully saturated rings. The van der Waals surface area contributed by atoms with Crippen molar-refractivity contribution >= 4 is 58.3 Å². The van der Waals surface area contributed by atoms with E-state index in [2.05, 4.69) is 4.98 Å². The number of nitrogen functional groups attached to an aromatic ring is 1. The van der Waals surface area contributed by atoms with Crippen LogP contribution in [0.3, 0.4) is 0 Å². The van der Waals surface area contributed by atoms with Crippen molar-refractivity contribution in [2.75, 3.05) is 12.5 Å². The number of anilines is 1. The fourth-order valence-electron chi connectivity index (χ4n) is 2.21. The Labute approximate surface area is 156 Å². The van der Waals surface area contributed by atoms with E-state index in [9.17, 15) is 14.4 Å². The molecule has 128 valence electrons. The number of amides is 2. The number of carbonyl (C=O) groups is 3. The van der Waals surface area contributed by atoms with Crippen molar-refractivity contribution < 1.29 is 19.1 Å². The minimum Gasteiger partial charge on any atom is -0.439 e. The average molecular weight is 401 g/mol. The molecule has 25 heavy (non-hydrogen) atoms. The lowest BCUT2D eigenvalue weighted by Gasteiger charge is -2.14. The Bertz CT molecular complexity index is 897. The second-order valence-electron chi connectivity index (χ2n) is 4.94. The molecule has 0 atom stereocenters. The van der Waals surface area contributed by atoms with E-state index in [1.807, 2.05) is 0 Å². The number of nitrogens with two attached hydrogens (primary N) is 1. The summed E-state index contributed by atoms with van der Waals surface area (Å²) in [4.78, 5) is 41.0. The molecule has 1 aliphatic rings. The fourth-order valence-corrected chi connectivity index (χ4v) is 2.80. The van der Waals surface area contributed by atoms with Crippen molar-refractivity contribution in [3.05, 3.63) is 56.3 Å². The fraction of sp³-hybridized carbons (Fsp3) is 0.0667. The second kappa shape index (κ2) is 6.51. The van der Waals surface area contributed by atoms with E-state index in [-0.39, 0.29) is 37.7 Å².